The van der Waals surface area contributed by atoms with E-state index in [1.54, 1.807) is 0 Å². The molecule has 0 bridgehead atoms. The average Bonchev–Trinajstić information content (AvgIpc) is 2.60. The maximum atomic E-state index is 3.90. The summed E-state index contributed by atoms with van der Waals surface area (Å²) in [5.41, 5.74) is 1.52. The third-order valence-electron chi connectivity index (χ3n) is 4.82. The van der Waals surface area contributed by atoms with Crippen LogP contribution in [0.4, 0.5) is 0 Å². The monoisotopic (exact) mass is 293 g/mol. The average molecular weight is 294 g/mol. The number of nitrogens with one attached hydrogen (secondary N) is 1. The van der Waals surface area contributed by atoms with Crippen molar-refractivity contribution in [1.29, 1.82) is 0 Å². The molecule has 1 heterocycles. The van der Waals surface area contributed by atoms with Gasteiger partial charge in [0.1, 0.15) is 0 Å². The van der Waals surface area contributed by atoms with Crippen LogP contribution < -0.4 is 5.32 Å². The number of thiophene rings is 1. The predicted octanol–water partition coefficient (Wildman–Crippen LogP) is 5.76. The van der Waals surface area contributed by atoms with Crippen LogP contribution in [-0.2, 0) is 0 Å². The summed E-state index contributed by atoms with van der Waals surface area (Å²) >= 11 is 1.93. The standard InChI is InChI=1S/C18H31NS/c1-5-7-16-8-6-9-17(11-10-16)19-14(3)18-12-13(2)20-15(18)4/h12,14,16-17,19H,5-11H2,1-4H3. The van der Waals surface area contributed by atoms with Gasteiger partial charge in [-0.3, -0.25) is 0 Å². The summed E-state index contributed by atoms with van der Waals surface area (Å²) in [4.78, 5) is 2.93. The molecule has 1 aliphatic rings. The van der Waals surface area contributed by atoms with Crippen LogP contribution in [0.15, 0.2) is 6.07 Å². The molecule has 3 atom stereocenters. The minimum atomic E-state index is 0.507. The van der Waals surface area contributed by atoms with E-state index in [1.165, 1.54) is 60.3 Å². The second kappa shape index (κ2) is 7.61. The molecule has 0 spiro atoms. The van der Waals surface area contributed by atoms with Crippen LogP contribution in [0.2, 0.25) is 0 Å². The van der Waals surface area contributed by atoms with Crippen LogP contribution in [0.3, 0.4) is 0 Å². The molecule has 1 saturated carbocycles. The normalized spacial score (nSPS) is 25.4. The first-order chi connectivity index (χ1) is 9.60. The first kappa shape index (κ1) is 16.0. The Hall–Kier alpha value is -0.340. The Morgan fingerprint density at radius 3 is 2.70 bits per heavy atom. The highest BCUT2D eigenvalue weighted by atomic mass is 32.1. The fourth-order valence-electron chi connectivity index (χ4n) is 3.77. The number of hydrogen-bond acceptors (Lipinski definition) is 2. The summed E-state index contributed by atoms with van der Waals surface area (Å²) in [5, 5.41) is 3.90. The molecule has 0 saturated heterocycles. The summed E-state index contributed by atoms with van der Waals surface area (Å²) in [6.45, 7) is 9.14. The molecule has 1 nitrogen and oxygen atoms in total. The van der Waals surface area contributed by atoms with Crippen molar-refractivity contribution in [2.24, 2.45) is 5.92 Å². The molecular formula is C18H31NS. The Morgan fingerprint density at radius 1 is 1.25 bits per heavy atom. The first-order valence-corrected chi connectivity index (χ1v) is 9.24. The van der Waals surface area contributed by atoms with E-state index >= 15 is 0 Å². The van der Waals surface area contributed by atoms with Crippen molar-refractivity contribution >= 4 is 11.3 Å². The van der Waals surface area contributed by atoms with E-state index in [0.717, 1.165) is 12.0 Å². The van der Waals surface area contributed by atoms with Gasteiger partial charge in [0.25, 0.3) is 0 Å². The Morgan fingerprint density at radius 2 is 2.05 bits per heavy atom. The van der Waals surface area contributed by atoms with Gasteiger partial charge in [0, 0.05) is 21.8 Å². The zero-order valence-electron chi connectivity index (χ0n) is 13.7. The van der Waals surface area contributed by atoms with E-state index in [4.69, 9.17) is 0 Å². The van der Waals surface area contributed by atoms with Gasteiger partial charge in [-0.1, -0.05) is 32.6 Å². The highest BCUT2D eigenvalue weighted by Crippen LogP contribution is 2.30. The van der Waals surface area contributed by atoms with E-state index in [-0.39, 0.29) is 0 Å². The van der Waals surface area contributed by atoms with Crippen LogP contribution in [0.1, 0.15) is 80.2 Å². The Labute approximate surface area is 129 Å². The van der Waals surface area contributed by atoms with Crippen LogP contribution in [0.5, 0.6) is 0 Å². The molecule has 2 heteroatoms. The minimum Gasteiger partial charge on any atom is -0.307 e. The van der Waals surface area contributed by atoms with Crippen molar-refractivity contribution in [2.75, 3.05) is 0 Å². The SMILES string of the molecule is CCCC1CCCC(NC(C)c2cc(C)sc2C)CC1. The Bertz CT molecular complexity index is 410. The van der Waals surface area contributed by atoms with Crippen molar-refractivity contribution in [3.8, 4) is 0 Å². The summed E-state index contributed by atoms with van der Waals surface area (Å²) in [6, 6.07) is 3.60. The fourth-order valence-corrected chi connectivity index (χ4v) is 4.79. The molecule has 1 N–H and O–H groups in total. The van der Waals surface area contributed by atoms with Gasteiger partial charge in [-0.2, -0.15) is 0 Å². The summed E-state index contributed by atoms with van der Waals surface area (Å²) in [7, 11) is 0. The smallest absolute Gasteiger partial charge is 0.0305 e. The van der Waals surface area contributed by atoms with E-state index in [2.05, 4.69) is 39.1 Å². The third kappa shape index (κ3) is 4.33. The van der Waals surface area contributed by atoms with Gasteiger partial charge in [0.15, 0.2) is 0 Å². The molecular weight excluding hydrogens is 262 g/mol. The topological polar surface area (TPSA) is 12.0 Å². The lowest BCUT2D eigenvalue weighted by Gasteiger charge is -2.22. The van der Waals surface area contributed by atoms with Crippen LogP contribution in [0, 0.1) is 19.8 Å². The highest BCUT2D eigenvalue weighted by Gasteiger charge is 2.21. The molecule has 0 amide bonds. The van der Waals surface area contributed by atoms with Gasteiger partial charge in [0.05, 0.1) is 0 Å². The molecule has 1 aliphatic carbocycles. The van der Waals surface area contributed by atoms with Crippen LogP contribution in [-0.4, -0.2) is 6.04 Å². The van der Waals surface area contributed by atoms with Crippen LogP contribution >= 0.6 is 11.3 Å². The molecule has 1 aromatic rings. The summed E-state index contributed by atoms with van der Waals surface area (Å²) in [6.07, 6.45) is 9.83. The minimum absolute atomic E-state index is 0.507. The third-order valence-corrected chi connectivity index (χ3v) is 5.80. The molecule has 3 unspecified atom stereocenters. The van der Waals surface area contributed by atoms with Crippen molar-refractivity contribution in [2.45, 2.75) is 84.7 Å². The molecule has 1 aromatic heterocycles. The van der Waals surface area contributed by atoms with Crippen molar-refractivity contribution < 1.29 is 0 Å². The lowest BCUT2D eigenvalue weighted by molar-refractivity contribution is 0.392. The van der Waals surface area contributed by atoms with E-state index in [0.29, 0.717) is 6.04 Å². The number of aryl methyl sites for hydroxylation is 2. The summed E-state index contributed by atoms with van der Waals surface area (Å²) < 4.78 is 0. The van der Waals surface area contributed by atoms with Gasteiger partial charge in [0.2, 0.25) is 0 Å². The molecule has 0 aliphatic heterocycles. The van der Waals surface area contributed by atoms with Gasteiger partial charge >= 0.3 is 0 Å². The van der Waals surface area contributed by atoms with Crippen molar-refractivity contribution in [1.82, 2.24) is 5.32 Å². The molecule has 114 valence electrons. The Kier molecular flexibility index (Phi) is 6.10. The van der Waals surface area contributed by atoms with Crippen molar-refractivity contribution in [3.63, 3.8) is 0 Å². The van der Waals surface area contributed by atoms with E-state index < -0.39 is 0 Å². The fraction of sp³-hybridized carbons (Fsp3) is 0.778. The van der Waals surface area contributed by atoms with E-state index in [1.807, 2.05) is 11.3 Å². The zero-order chi connectivity index (χ0) is 14.5. The van der Waals surface area contributed by atoms with E-state index in [9.17, 15) is 0 Å². The van der Waals surface area contributed by atoms with Crippen molar-refractivity contribution in [3.05, 3.63) is 21.4 Å². The molecule has 0 radical (unpaired) electrons. The van der Waals surface area contributed by atoms with Gasteiger partial charge in [-0.15, -0.1) is 11.3 Å². The lowest BCUT2D eigenvalue weighted by atomic mass is 9.95. The number of rotatable bonds is 5. The molecule has 20 heavy (non-hydrogen) atoms. The van der Waals surface area contributed by atoms with Gasteiger partial charge < -0.3 is 5.32 Å². The zero-order valence-corrected chi connectivity index (χ0v) is 14.5. The Balaban J connectivity index is 1.88. The lowest BCUT2D eigenvalue weighted by Crippen LogP contribution is -2.31. The van der Waals surface area contributed by atoms with Gasteiger partial charge in [-0.05, 0) is 57.6 Å². The second-order valence-corrected chi connectivity index (χ2v) is 8.08. The molecule has 2 rings (SSSR count). The highest BCUT2D eigenvalue weighted by molar-refractivity contribution is 7.12. The first-order valence-electron chi connectivity index (χ1n) is 8.43. The summed E-state index contributed by atoms with van der Waals surface area (Å²) in [5.74, 6) is 0.993. The molecule has 0 aromatic carbocycles. The second-order valence-electron chi connectivity index (χ2n) is 6.62. The largest absolute Gasteiger partial charge is 0.307 e. The van der Waals surface area contributed by atoms with Gasteiger partial charge in [-0.25, -0.2) is 0 Å². The number of hydrogen-bond donors (Lipinski definition) is 1. The predicted molar refractivity (Wildman–Crippen MR) is 90.6 cm³/mol. The van der Waals surface area contributed by atoms with Crippen LogP contribution in [0.25, 0.3) is 0 Å². The quantitative estimate of drug-likeness (QED) is 0.680. The maximum Gasteiger partial charge on any atom is 0.0305 e. The molecule has 1 fully saturated rings. The maximum absolute atomic E-state index is 3.90.